The zero-order valence-corrected chi connectivity index (χ0v) is 20.3. The van der Waals surface area contributed by atoms with Crippen LogP contribution in [-0.4, -0.2) is 23.3 Å². The predicted molar refractivity (Wildman–Crippen MR) is 131 cm³/mol. The van der Waals surface area contributed by atoms with E-state index in [4.69, 9.17) is 9.31 Å². The van der Waals surface area contributed by atoms with Crippen molar-refractivity contribution in [1.82, 2.24) is 10.3 Å². The summed E-state index contributed by atoms with van der Waals surface area (Å²) in [5.41, 5.74) is 5.72. The summed E-state index contributed by atoms with van der Waals surface area (Å²) in [6, 6.07) is 15.4. The summed E-state index contributed by atoms with van der Waals surface area (Å²) in [7, 11) is -0.321. The van der Waals surface area contributed by atoms with Crippen LogP contribution in [0.4, 0.5) is 0 Å². The molecule has 5 rings (SSSR count). The maximum Gasteiger partial charge on any atom is 0.494 e. The molecule has 0 amide bonds. The molecule has 0 radical (unpaired) electrons. The third kappa shape index (κ3) is 3.88. The summed E-state index contributed by atoms with van der Waals surface area (Å²) in [5.74, 6) is 0. The number of halogens is 1. The van der Waals surface area contributed by atoms with Crippen molar-refractivity contribution >= 4 is 39.4 Å². The minimum absolute atomic E-state index is 0.321. The van der Waals surface area contributed by atoms with E-state index in [0.29, 0.717) is 6.04 Å². The molecule has 2 aliphatic rings. The average Bonchev–Trinajstić information content (AvgIpc) is 3.20. The van der Waals surface area contributed by atoms with Gasteiger partial charge in [0.05, 0.1) is 11.2 Å². The van der Waals surface area contributed by atoms with Crippen LogP contribution in [-0.2, 0) is 22.3 Å². The van der Waals surface area contributed by atoms with Gasteiger partial charge in [0.25, 0.3) is 0 Å². The highest BCUT2D eigenvalue weighted by atomic mass is 79.9. The van der Waals surface area contributed by atoms with Crippen molar-refractivity contribution in [2.45, 2.75) is 70.7 Å². The van der Waals surface area contributed by atoms with Gasteiger partial charge in [0, 0.05) is 33.7 Å². The Morgan fingerprint density at radius 1 is 1.10 bits per heavy atom. The second-order valence-electron chi connectivity index (χ2n) is 9.87. The topological polar surface area (TPSA) is 46.3 Å². The zero-order valence-electron chi connectivity index (χ0n) is 18.7. The van der Waals surface area contributed by atoms with Crippen LogP contribution in [0.1, 0.15) is 63.4 Å². The lowest BCUT2D eigenvalue weighted by molar-refractivity contribution is 0.00578. The van der Waals surface area contributed by atoms with Gasteiger partial charge < -0.3 is 19.6 Å². The van der Waals surface area contributed by atoms with Crippen molar-refractivity contribution in [3.63, 3.8) is 0 Å². The van der Waals surface area contributed by atoms with Gasteiger partial charge in [-0.05, 0) is 81.7 Å². The lowest BCUT2D eigenvalue weighted by atomic mass is 9.78. The molecular formula is C25H30BBrN2O2. The molecule has 1 atom stereocenters. The molecule has 1 saturated heterocycles. The molecule has 1 fully saturated rings. The van der Waals surface area contributed by atoms with E-state index < -0.39 is 0 Å². The summed E-state index contributed by atoms with van der Waals surface area (Å²) >= 11 is 3.62. The molecule has 1 aromatic heterocycles. The SMILES string of the molecule is CC1(C)OB(c2cccc(CNC3CCCc4c3[nH]c3ccc(Br)cc43)c2)OC1(C)C. The van der Waals surface area contributed by atoms with Gasteiger partial charge in [-0.2, -0.15) is 0 Å². The lowest BCUT2D eigenvalue weighted by Crippen LogP contribution is -2.41. The standard InChI is InChI=1S/C25H30BBrN2O2/c1-24(2)25(3,4)31-26(30-24)17-8-5-7-16(13-17)15-28-22-10-6-9-19-20-14-18(27)11-12-21(20)29-23(19)22/h5,7-8,11-14,22,28-29H,6,9-10,15H2,1-4H3. The van der Waals surface area contributed by atoms with Gasteiger partial charge in [0.15, 0.2) is 0 Å². The quantitative estimate of drug-likeness (QED) is 0.491. The number of fused-ring (bicyclic) bond motifs is 3. The van der Waals surface area contributed by atoms with E-state index in [0.717, 1.165) is 29.3 Å². The third-order valence-corrected chi connectivity index (χ3v) is 7.69. The summed E-state index contributed by atoms with van der Waals surface area (Å²) in [5, 5.41) is 5.14. The molecule has 4 nitrogen and oxygen atoms in total. The van der Waals surface area contributed by atoms with Crippen molar-refractivity contribution in [1.29, 1.82) is 0 Å². The van der Waals surface area contributed by atoms with E-state index in [9.17, 15) is 0 Å². The van der Waals surface area contributed by atoms with Crippen LogP contribution in [0, 0.1) is 0 Å². The molecule has 2 N–H and O–H groups in total. The first-order valence-corrected chi connectivity index (χ1v) is 12.0. The highest BCUT2D eigenvalue weighted by Gasteiger charge is 2.51. The van der Waals surface area contributed by atoms with Gasteiger partial charge in [0.2, 0.25) is 0 Å². The monoisotopic (exact) mass is 480 g/mol. The van der Waals surface area contributed by atoms with Gasteiger partial charge in [-0.25, -0.2) is 0 Å². The number of hydrogen-bond acceptors (Lipinski definition) is 3. The lowest BCUT2D eigenvalue weighted by Gasteiger charge is -2.32. The zero-order chi connectivity index (χ0) is 21.8. The van der Waals surface area contributed by atoms with Crippen LogP contribution >= 0.6 is 15.9 Å². The molecule has 3 aromatic rings. The van der Waals surface area contributed by atoms with Crippen LogP contribution in [0.3, 0.4) is 0 Å². The Morgan fingerprint density at radius 2 is 1.87 bits per heavy atom. The van der Waals surface area contributed by atoms with E-state index in [2.05, 4.69) is 96.4 Å². The van der Waals surface area contributed by atoms with Crippen molar-refractivity contribution in [3.05, 3.63) is 63.8 Å². The fraction of sp³-hybridized carbons (Fsp3) is 0.440. The fourth-order valence-corrected chi connectivity index (χ4v) is 5.07. The minimum atomic E-state index is -0.324. The minimum Gasteiger partial charge on any atom is -0.399 e. The number of aromatic nitrogens is 1. The summed E-state index contributed by atoms with van der Waals surface area (Å²) in [4.78, 5) is 3.68. The molecule has 1 aliphatic heterocycles. The summed E-state index contributed by atoms with van der Waals surface area (Å²) in [6.07, 6.45) is 3.50. The predicted octanol–water partition coefficient (Wildman–Crippen LogP) is 5.40. The molecule has 1 unspecified atom stereocenters. The van der Waals surface area contributed by atoms with E-state index >= 15 is 0 Å². The van der Waals surface area contributed by atoms with Crippen LogP contribution in [0.5, 0.6) is 0 Å². The molecule has 6 heteroatoms. The summed E-state index contributed by atoms with van der Waals surface area (Å²) < 4.78 is 13.6. The molecule has 2 aromatic carbocycles. The van der Waals surface area contributed by atoms with E-state index in [1.807, 2.05) is 0 Å². The second-order valence-corrected chi connectivity index (χ2v) is 10.8. The van der Waals surface area contributed by atoms with E-state index in [1.54, 1.807) is 0 Å². The molecule has 0 bridgehead atoms. The van der Waals surface area contributed by atoms with Crippen LogP contribution in [0.2, 0.25) is 0 Å². The fourth-order valence-electron chi connectivity index (χ4n) is 4.71. The number of nitrogens with one attached hydrogen (secondary N) is 2. The van der Waals surface area contributed by atoms with Gasteiger partial charge in [-0.1, -0.05) is 40.2 Å². The molecule has 2 heterocycles. The molecule has 162 valence electrons. The highest BCUT2D eigenvalue weighted by molar-refractivity contribution is 9.10. The number of hydrogen-bond donors (Lipinski definition) is 2. The van der Waals surface area contributed by atoms with Gasteiger partial charge >= 0.3 is 7.12 Å². The largest absolute Gasteiger partial charge is 0.494 e. The number of aryl methyl sites for hydroxylation is 1. The number of aromatic amines is 1. The van der Waals surface area contributed by atoms with Crippen molar-refractivity contribution in [3.8, 4) is 0 Å². The summed E-state index contributed by atoms with van der Waals surface area (Å²) in [6.45, 7) is 9.20. The first-order valence-electron chi connectivity index (χ1n) is 11.2. The molecule has 1 aliphatic carbocycles. The molecular weight excluding hydrogens is 451 g/mol. The van der Waals surface area contributed by atoms with Gasteiger partial charge in [-0.3, -0.25) is 0 Å². The van der Waals surface area contributed by atoms with Crippen molar-refractivity contribution < 1.29 is 9.31 Å². The molecule has 0 saturated carbocycles. The van der Waals surface area contributed by atoms with Crippen LogP contribution < -0.4 is 10.8 Å². The smallest absolute Gasteiger partial charge is 0.399 e. The Balaban J connectivity index is 1.33. The van der Waals surface area contributed by atoms with Crippen LogP contribution in [0.15, 0.2) is 46.9 Å². The van der Waals surface area contributed by atoms with Crippen molar-refractivity contribution in [2.24, 2.45) is 0 Å². The maximum atomic E-state index is 6.24. The normalized spacial score (nSPS) is 22.1. The maximum absolute atomic E-state index is 6.24. The molecule has 0 spiro atoms. The number of H-pyrrole nitrogens is 1. The molecule has 31 heavy (non-hydrogen) atoms. The Morgan fingerprint density at radius 3 is 2.65 bits per heavy atom. The second kappa shape index (κ2) is 7.77. The number of rotatable bonds is 4. The first-order chi connectivity index (χ1) is 14.7. The highest BCUT2D eigenvalue weighted by Crippen LogP contribution is 2.37. The Labute approximate surface area is 193 Å². The first kappa shape index (κ1) is 21.3. The number of benzene rings is 2. The van der Waals surface area contributed by atoms with E-state index in [-0.39, 0.29) is 18.3 Å². The Kier molecular flexibility index (Phi) is 5.33. The van der Waals surface area contributed by atoms with Gasteiger partial charge in [0.1, 0.15) is 0 Å². The Hall–Kier alpha value is -1.60. The Bertz CT molecular complexity index is 1110. The van der Waals surface area contributed by atoms with Crippen molar-refractivity contribution in [2.75, 3.05) is 0 Å². The van der Waals surface area contributed by atoms with Gasteiger partial charge in [-0.15, -0.1) is 0 Å². The third-order valence-electron chi connectivity index (χ3n) is 7.20. The van der Waals surface area contributed by atoms with Crippen LogP contribution in [0.25, 0.3) is 10.9 Å². The van der Waals surface area contributed by atoms with E-state index in [1.165, 1.54) is 34.1 Å². The average molecular weight is 481 g/mol.